The molecule has 3 heteroatoms. The molecule has 0 aliphatic carbocycles. The third-order valence-electron chi connectivity index (χ3n) is 3.39. The standard InChI is InChI=1S/C18H25N3/c1-6-19-12-15(13-21(4)5)17-16-10-8-7-9-14(16)11-18(2,3)20-17/h7-10,12-13H,6,11H2,1-5H3/b15-13-,19-12+. The molecule has 1 aliphatic rings. The molecular formula is C18H25N3. The molecule has 1 aliphatic heterocycles. The minimum Gasteiger partial charge on any atom is -0.383 e. The van der Waals surface area contributed by atoms with E-state index >= 15 is 0 Å². The molecule has 0 aromatic heterocycles. The summed E-state index contributed by atoms with van der Waals surface area (Å²) in [4.78, 5) is 11.5. The lowest BCUT2D eigenvalue weighted by molar-refractivity contribution is 0.513. The third-order valence-corrected chi connectivity index (χ3v) is 3.39. The molecular weight excluding hydrogens is 258 g/mol. The van der Waals surface area contributed by atoms with Gasteiger partial charge in [0.1, 0.15) is 0 Å². The molecule has 1 aromatic rings. The zero-order valence-electron chi connectivity index (χ0n) is 13.7. The molecule has 0 N–H and O–H groups in total. The fourth-order valence-electron chi connectivity index (χ4n) is 2.62. The Bertz CT molecular complexity index is 592. The lowest BCUT2D eigenvalue weighted by Crippen LogP contribution is -2.30. The van der Waals surface area contributed by atoms with Crippen molar-refractivity contribution in [2.45, 2.75) is 32.7 Å². The summed E-state index contributed by atoms with van der Waals surface area (Å²) in [6.07, 6.45) is 5.01. The monoisotopic (exact) mass is 283 g/mol. The molecule has 0 amide bonds. The lowest BCUT2D eigenvalue weighted by Gasteiger charge is -2.29. The van der Waals surface area contributed by atoms with Gasteiger partial charge in [-0.15, -0.1) is 0 Å². The second-order valence-corrected chi connectivity index (χ2v) is 6.28. The molecule has 3 nitrogen and oxygen atoms in total. The number of hydrogen-bond donors (Lipinski definition) is 0. The van der Waals surface area contributed by atoms with Gasteiger partial charge in [0.25, 0.3) is 0 Å². The maximum Gasteiger partial charge on any atom is 0.0758 e. The molecule has 0 bridgehead atoms. The van der Waals surface area contributed by atoms with Crippen molar-refractivity contribution in [3.8, 4) is 0 Å². The van der Waals surface area contributed by atoms with Crippen molar-refractivity contribution in [2.24, 2.45) is 9.98 Å². The van der Waals surface area contributed by atoms with Crippen LogP contribution in [0.15, 0.2) is 46.0 Å². The zero-order valence-corrected chi connectivity index (χ0v) is 13.7. The smallest absolute Gasteiger partial charge is 0.0758 e. The van der Waals surface area contributed by atoms with Crippen molar-refractivity contribution < 1.29 is 0 Å². The van der Waals surface area contributed by atoms with Gasteiger partial charge in [-0.05, 0) is 32.8 Å². The van der Waals surface area contributed by atoms with E-state index in [0.717, 1.165) is 24.3 Å². The Hall–Kier alpha value is -1.90. The molecule has 2 rings (SSSR count). The molecule has 112 valence electrons. The highest BCUT2D eigenvalue weighted by atomic mass is 15.0. The van der Waals surface area contributed by atoms with Gasteiger partial charge in [-0.3, -0.25) is 9.98 Å². The number of fused-ring (bicyclic) bond motifs is 1. The Morgan fingerprint density at radius 1 is 1.33 bits per heavy atom. The quantitative estimate of drug-likeness (QED) is 0.779. The van der Waals surface area contributed by atoms with Crippen LogP contribution in [0.5, 0.6) is 0 Å². The van der Waals surface area contributed by atoms with E-state index in [1.165, 1.54) is 11.1 Å². The highest BCUT2D eigenvalue weighted by Crippen LogP contribution is 2.28. The number of benzene rings is 1. The first-order chi connectivity index (χ1) is 9.93. The summed E-state index contributed by atoms with van der Waals surface area (Å²) < 4.78 is 0. The van der Waals surface area contributed by atoms with Crippen molar-refractivity contribution in [2.75, 3.05) is 20.6 Å². The van der Waals surface area contributed by atoms with Gasteiger partial charge in [0.2, 0.25) is 0 Å². The van der Waals surface area contributed by atoms with Crippen LogP contribution in [-0.2, 0) is 6.42 Å². The SMILES string of the molecule is CC/N=C/C(=C/N(C)C)C1=NC(C)(C)Cc2ccccc21. The van der Waals surface area contributed by atoms with E-state index in [4.69, 9.17) is 4.99 Å². The summed E-state index contributed by atoms with van der Waals surface area (Å²) in [5.74, 6) is 0. The minimum atomic E-state index is -0.0743. The summed E-state index contributed by atoms with van der Waals surface area (Å²) in [5, 5.41) is 0. The highest BCUT2D eigenvalue weighted by molar-refractivity contribution is 6.25. The van der Waals surface area contributed by atoms with Gasteiger partial charge in [0.15, 0.2) is 0 Å². The van der Waals surface area contributed by atoms with E-state index in [0.29, 0.717) is 0 Å². The molecule has 21 heavy (non-hydrogen) atoms. The van der Waals surface area contributed by atoms with Crippen LogP contribution in [0, 0.1) is 0 Å². The molecule has 0 fully saturated rings. The first-order valence-electron chi connectivity index (χ1n) is 7.49. The van der Waals surface area contributed by atoms with Crippen LogP contribution < -0.4 is 0 Å². The van der Waals surface area contributed by atoms with Gasteiger partial charge in [0.05, 0.1) is 11.3 Å². The summed E-state index contributed by atoms with van der Waals surface area (Å²) >= 11 is 0. The minimum absolute atomic E-state index is 0.0743. The Balaban J connectivity index is 2.56. The van der Waals surface area contributed by atoms with Gasteiger partial charge >= 0.3 is 0 Å². The topological polar surface area (TPSA) is 28.0 Å². The summed E-state index contributed by atoms with van der Waals surface area (Å²) in [6.45, 7) is 7.20. The van der Waals surface area contributed by atoms with E-state index in [1.807, 2.05) is 32.1 Å². The van der Waals surface area contributed by atoms with Crippen LogP contribution in [0.1, 0.15) is 31.9 Å². The Kier molecular flexibility index (Phi) is 4.61. The second kappa shape index (κ2) is 6.25. The number of rotatable bonds is 4. The average Bonchev–Trinajstić information content (AvgIpc) is 2.41. The van der Waals surface area contributed by atoms with Crippen LogP contribution in [-0.4, -0.2) is 43.0 Å². The van der Waals surface area contributed by atoms with E-state index < -0.39 is 0 Å². The Labute approximate surface area is 128 Å². The fraction of sp³-hybridized carbons (Fsp3) is 0.444. The van der Waals surface area contributed by atoms with Gasteiger partial charge in [0, 0.05) is 44.2 Å². The van der Waals surface area contributed by atoms with Crippen LogP contribution in [0.2, 0.25) is 0 Å². The van der Waals surface area contributed by atoms with Crippen molar-refractivity contribution in [3.05, 3.63) is 47.2 Å². The largest absolute Gasteiger partial charge is 0.383 e. The van der Waals surface area contributed by atoms with E-state index in [9.17, 15) is 0 Å². The van der Waals surface area contributed by atoms with E-state index in [2.05, 4.69) is 49.3 Å². The fourth-order valence-corrected chi connectivity index (χ4v) is 2.62. The maximum atomic E-state index is 4.99. The molecule has 0 saturated carbocycles. The van der Waals surface area contributed by atoms with Crippen molar-refractivity contribution >= 4 is 11.9 Å². The van der Waals surface area contributed by atoms with Crippen LogP contribution >= 0.6 is 0 Å². The van der Waals surface area contributed by atoms with Crippen LogP contribution in [0.25, 0.3) is 0 Å². The lowest BCUT2D eigenvalue weighted by atomic mass is 9.85. The van der Waals surface area contributed by atoms with Gasteiger partial charge in [-0.25, -0.2) is 0 Å². The van der Waals surface area contributed by atoms with Crippen molar-refractivity contribution in [3.63, 3.8) is 0 Å². The predicted octanol–water partition coefficient (Wildman–Crippen LogP) is 3.35. The summed E-state index contributed by atoms with van der Waals surface area (Å²) in [6, 6.07) is 8.55. The molecule has 0 saturated heterocycles. The van der Waals surface area contributed by atoms with E-state index in [1.54, 1.807) is 0 Å². The molecule has 0 atom stereocenters. The Morgan fingerprint density at radius 3 is 2.71 bits per heavy atom. The summed E-state index contributed by atoms with van der Waals surface area (Å²) in [7, 11) is 4.06. The van der Waals surface area contributed by atoms with Crippen LogP contribution in [0.4, 0.5) is 0 Å². The molecule has 1 heterocycles. The van der Waals surface area contributed by atoms with Crippen molar-refractivity contribution in [1.82, 2.24) is 4.90 Å². The normalized spacial score (nSPS) is 17.6. The molecule has 1 aromatic carbocycles. The Morgan fingerprint density at radius 2 is 2.05 bits per heavy atom. The first kappa shape index (κ1) is 15.5. The molecule has 0 spiro atoms. The van der Waals surface area contributed by atoms with Crippen LogP contribution in [0.3, 0.4) is 0 Å². The van der Waals surface area contributed by atoms with Gasteiger partial charge in [-0.2, -0.15) is 0 Å². The maximum absolute atomic E-state index is 4.99. The molecule has 0 unspecified atom stereocenters. The third kappa shape index (κ3) is 3.81. The van der Waals surface area contributed by atoms with E-state index in [-0.39, 0.29) is 5.54 Å². The predicted molar refractivity (Wildman–Crippen MR) is 91.6 cm³/mol. The first-order valence-corrected chi connectivity index (χ1v) is 7.49. The number of aliphatic imine (C=N–C) groups is 2. The number of allylic oxidation sites excluding steroid dienone is 1. The average molecular weight is 283 g/mol. The van der Waals surface area contributed by atoms with Gasteiger partial charge in [-0.1, -0.05) is 24.3 Å². The second-order valence-electron chi connectivity index (χ2n) is 6.28. The van der Waals surface area contributed by atoms with Crippen molar-refractivity contribution in [1.29, 1.82) is 0 Å². The number of nitrogens with zero attached hydrogens (tertiary/aromatic N) is 3. The summed E-state index contributed by atoms with van der Waals surface area (Å²) in [5.41, 5.74) is 4.64. The molecule has 0 radical (unpaired) electrons. The van der Waals surface area contributed by atoms with Gasteiger partial charge < -0.3 is 4.90 Å². The number of hydrogen-bond acceptors (Lipinski definition) is 3. The zero-order chi connectivity index (χ0) is 15.5. The highest BCUT2D eigenvalue weighted by Gasteiger charge is 2.27.